The molecule has 33 heavy (non-hydrogen) atoms. The van der Waals surface area contributed by atoms with Crippen LogP contribution < -0.4 is 10.1 Å². The molecule has 2 aromatic carbocycles. The Bertz CT molecular complexity index is 1170. The smallest absolute Gasteiger partial charge is 0.247 e. The number of amides is 2. The van der Waals surface area contributed by atoms with Crippen molar-refractivity contribution >= 4 is 28.4 Å². The zero-order valence-electron chi connectivity index (χ0n) is 18.5. The number of nitrogens with one attached hydrogen (secondary N) is 2. The van der Waals surface area contributed by atoms with Gasteiger partial charge in [-0.3, -0.25) is 14.7 Å². The van der Waals surface area contributed by atoms with Gasteiger partial charge in [-0.25, -0.2) is 4.39 Å². The maximum absolute atomic E-state index is 14.6. The number of halogens is 1. The Balaban J connectivity index is 1.43. The summed E-state index contributed by atoms with van der Waals surface area (Å²) < 4.78 is 19.9. The number of likely N-dealkylation sites (tertiary alicyclic amines) is 1. The second-order valence-corrected chi connectivity index (χ2v) is 8.95. The summed E-state index contributed by atoms with van der Waals surface area (Å²) in [5, 5.41) is 10.6. The van der Waals surface area contributed by atoms with Crippen LogP contribution in [0.5, 0.6) is 5.75 Å². The molecule has 2 aliphatic rings. The van der Waals surface area contributed by atoms with Gasteiger partial charge in [-0.2, -0.15) is 5.10 Å². The standard InChI is InChI=1S/C25H27FN4O3/c1-33-18-9-7-16(8-10-18)25(11-2-3-12-25)24(32)30-15-17(26)13-22(30)23(31)28-20-5-4-6-21-19(20)14-27-29-21/h4-10,14,17,22H,2-3,11-13,15H2,1H3,(H,27,29)(H,28,31)/t17-,22-/m1/s1. The maximum Gasteiger partial charge on any atom is 0.247 e. The lowest BCUT2D eigenvalue weighted by Crippen LogP contribution is -2.51. The lowest BCUT2D eigenvalue weighted by Gasteiger charge is -2.35. The quantitative estimate of drug-likeness (QED) is 0.616. The molecule has 0 radical (unpaired) electrons. The average molecular weight is 451 g/mol. The number of anilines is 1. The van der Waals surface area contributed by atoms with E-state index in [1.165, 1.54) is 4.90 Å². The van der Waals surface area contributed by atoms with E-state index in [2.05, 4.69) is 15.5 Å². The van der Waals surface area contributed by atoms with Gasteiger partial charge in [-0.05, 0) is 42.7 Å². The predicted molar refractivity (Wildman–Crippen MR) is 123 cm³/mol. The van der Waals surface area contributed by atoms with Crippen molar-refractivity contribution in [3.05, 3.63) is 54.2 Å². The summed E-state index contributed by atoms with van der Waals surface area (Å²) in [4.78, 5) is 28.7. The number of methoxy groups -OCH3 is 1. The Morgan fingerprint density at radius 3 is 2.67 bits per heavy atom. The minimum atomic E-state index is -1.23. The fourth-order valence-electron chi connectivity index (χ4n) is 5.34. The van der Waals surface area contributed by atoms with Gasteiger partial charge in [0.2, 0.25) is 11.8 Å². The number of carbonyl (C=O) groups excluding carboxylic acids is 2. The molecule has 0 unspecified atom stereocenters. The minimum Gasteiger partial charge on any atom is -0.497 e. The number of H-pyrrole nitrogens is 1. The number of rotatable bonds is 5. The highest BCUT2D eigenvalue weighted by Gasteiger charge is 2.50. The van der Waals surface area contributed by atoms with E-state index in [-0.39, 0.29) is 24.8 Å². The van der Waals surface area contributed by atoms with Crippen molar-refractivity contribution in [1.82, 2.24) is 15.1 Å². The van der Waals surface area contributed by atoms with Gasteiger partial charge in [0.25, 0.3) is 0 Å². The van der Waals surface area contributed by atoms with Crippen molar-refractivity contribution in [2.45, 2.75) is 49.7 Å². The van der Waals surface area contributed by atoms with Crippen LogP contribution in [0.15, 0.2) is 48.7 Å². The van der Waals surface area contributed by atoms with Crippen molar-refractivity contribution in [2.24, 2.45) is 0 Å². The zero-order valence-corrected chi connectivity index (χ0v) is 18.5. The second-order valence-electron chi connectivity index (χ2n) is 8.95. The van der Waals surface area contributed by atoms with Crippen LogP contribution in [0.25, 0.3) is 10.9 Å². The van der Waals surface area contributed by atoms with E-state index in [4.69, 9.17) is 4.74 Å². The molecule has 1 aromatic heterocycles. The molecule has 1 aliphatic carbocycles. The largest absolute Gasteiger partial charge is 0.497 e. The fourth-order valence-corrected chi connectivity index (χ4v) is 5.34. The molecule has 2 N–H and O–H groups in total. The third kappa shape index (κ3) is 3.73. The monoisotopic (exact) mass is 450 g/mol. The number of fused-ring (bicyclic) bond motifs is 1. The molecule has 2 heterocycles. The summed E-state index contributed by atoms with van der Waals surface area (Å²) in [6.45, 7) is -0.0647. The van der Waals surface area contributed by atoms with E-state index in [0.29, 0.717) is 18.5 Å². The van der Waals surface area contributed by atoms with Crippen LogP contribution in [0.3, 0.4) is 0 Å². The number of ether oxygens (including phenoxy) is 1. The summed E-state index contributed by atoms with van der Waals surface area (Å²) >= 11 is 0. The number of aromatic amines is 1. The molecule has 2 amide bonds. The van der Waals surface area contributed by atoms with Gasteiger partial charge in [-0.1, -0.05) is 31.0 Å². The number of hydrogen-bond donors (Lipinski definition) is 2. The Kier molecular flexibility index (Phi) is 5.52. The fraction of sp³-hybridized carbons (Fsp3) is 0.400. The van der Waals surface area contributed by atoms with E-state index >= 15 is 0 Å². The average Bonchev–Trinajstić information content (AvgIpc) is 3.59. The van der Waals surface area contributed by atoms with Gasteiger partial charge in [0.1, 0.15) is 18.0 Å². The van der Waals surface area contributed by atoms with Gasteiger partial charge in [0, 0.05) is 11.8 Å². The van der Waals surface area contributed by atoms with Crippen LogP contribution in [0.4, 0.5) is 10.1 Å². The summed E-state index contributed by atoms with van der Waals surface area (Å²) in [5.41, 5.74) is 1.54. The van der Waals surface area contributed by atoms with Gasteiger partial charge in [0.05, 0.1) is 36.5 Å². The molecular weight excluding hydrogens is 423 g/mol. The van der Waals surface area contributed by atoms with Crippen molar-refractivity contribution in [2.75, 3.05) is 19.0 Å². The van der Waals surface area contributed by atoms with Crippen LogP contribution in [-0.2, 0) is 15.0 Å². The number of benzene rings is 2. The Hall–Kier alpha value is -3.42. The highest BCUT2D eigenvalue weighted by atomic mass is 19.1. The molecule has 172 valence electrons. The Morgan fingerprint density at radius 2 is 1.94 bits per heavy atom. The summed E-state index contributed by atoms with van der Waals surface area (Å²) in [6.07, 6.45) is 3.62. The predicted octanol–water partition coefficient (Wildman–Crippen LogP) is 3.96. The molecule has 1 aliphatic heterocycles. The van der Waals surface area contributed by atoms with Crippen molar-refractivity contribution in [1.29, 1.82) is 0 Å². The summed E-state index contributed by atoms with van der Waals surface area (Å²) in [7, 11) is 1.60. The highest BCUT2D eigenvalue weighted by Crippen LogP contribution is 2.44. The first-order chi connectivity index (χ1) is 16.0. The molecule has 7 nitrogen and oxygen atoms in total. The zero-order chi connectivity index (χ0) is 23.0. The van der Waals surface area contributed by atoms with Crippen LogP contribution in [0.2, 0.25) is 0 Å². The van der Waals surface area contributed by atoms with E-state index in [1.54, 1.807) is 19.4 Å². The highest BCUT2D eigenvalue weighted by molar-refractivity contribution is 6.04. The normalized spacial score (nSPS) is 21.9. The van der Waals surface area contributed by atoms with Crippen LogP contribution in [-0.4, -0.2) is 52.8 Å². The topological polar surface area (TPSA) is 87.3 Å². The van der Waals surface area contributed by atoms with Crippen LogP contribution in [0.1, 0.15) is 37.7 Å². The van der Waals surface area contributed by atoms with E-state index < -0.39 is 17.6 Å². The molecular formula is C25H27FN4O3. The molecule has 8 heteroatoms. The molecule has 0 bridgehead atoms. The number of alkyl halides is 1. The van der Waals surface area contributed by atoms with Gasteiger partial charge in [-0.15, -0.1) is 0 Å². The molecule has 2 atom stereocenters. The number of hydrogen-bond acceptors (Lipinski definition) is 4. The molecule has 0 spiro atoms. The van der Waals surface area contributed by atoms with E-state index in [1.807, 2.05) is 36.4 Å². The number of aromatic nitrogens is 2. The first-order valence-electron chi connectivity index (χ1n) is 11.3. The Morgan fingerprint density at radius 1 is 1.18 bits per heavy atom. The molecule has 3 aromatic rings. The van der Waals surface area contributed by atoms with Gasteiger partial charge < -0.3 is 15.0 Å². The molecule has 2 fully saturated rings. The van der Waals surface area contributed by atoms with Crippen molar-refractivity contribution in [3.8, 4) is 5.75 Å². The number of nitrogens with zero attached hydrogens (tertiary/aromatic N) is 2. The summed E-state index contributed by atoms with van der Waals surface area (Å²) in [6, 6.07) is 12.1. The first kappa shape index (κ1) is 21.4. The minimum absolute atomic E-state index is 0.00235. The maximum atomic E-state index is 14.6. The van der Waals surface area contributed by atoms with Crippen molar-refractivity contribution < 1.29 is 18.7 Å². The van der Waals surface area contributed by atoms with Crippen LogP contribution >= 0.6 is 0 Å². The summed E-state index contributed by atoms with van der Waals surface area (Å²) in [5.74, 6) is 0.182. The number of carbonyl (C=O) groups is 2. The molecule has 1 saturated carbocycles. The SMILES string of the molecule is COc1ccc(C2(C(=O)N3C[C@H](F)C[C@@H]3C(=O)Nc3cccc4[nH]ncc34)CCCC2)cc1. The first-order valence-corrected chi connectivity index (χ1v) is 11.3. The van der Waals surface area contributed by atoms with Crippen LogP contribution in [0, 0.1) is 0 Å². The second kappa shape index (κ2) is 8.50. The lowest BCUT2D eigenvalue weighted by atomic mass is 9.77. The van der Waals surface area contributed by atoms with Gasteiger partial charge in [0.15, 0.2) is 0 Å². The van der Waals surface area contributed by atoms with Crippen molar-refractivity contribution in [3.63, 3.8) is 0 Å². The third-order valence-corrected chi connectivity index (χ3v) is 7.07. The third-order valence-electron chi connectivity index (χ3n) is 7.07. The lowest BCUT2D eigenvalue weighted by molar-refractivity contribution is -0.141. The Labute approximate surface area is 191 Å². The van der Waals surface area contributed by atoms with E-state index in [0.717, 1.165) is 35.1 Å². The molecule has 5 rings (SSSR count). The van der Waals surface area contributed by atoms with E-state index in [9.17, 15) is 14.0 Å². The van der Waals surface area contributed by atoms with Gasteiger partial charge >= 0.3 is 0 Å². The molecule has 1 saturated heterocycles.